The summed E-state index contributed by atoms with van der Waals surface area (Å²) in [6.45, 7) is 16.5. The Morgan fingerprint density at radius 2 is 0.508 bits per heavy atom. The van der Waals surface area contributed by atoms with E-state index in [-0.39, 0.29) is 94.5 Å². The minimum atomic E-state index is 0. The number of pyridine rings is 4. The van der Waals surface area contributed by atoms with Crippen molar-refractivity contribution in [1.82, 2.24) is 94.4 Å². The summed E-state index contributed by atoms with van der Waals surface area (Å²) >= 11 is 0.0278. The van der Waals surface area contributed by atoms with E-state index in [2.05, 4.69) is 149 Å². The third-order valence-electron chi connectivity index (χ3n) is 28.8. The zero-order chi connectivity index (χ0) is 86.7. The van der Waals surface area contributed by atoms with Gasteiger partial charge in [0.25, 0.3) is 0 Å². The fourth-order valence-electron chi connectivity index (χ4n) is 22.5. The van der Waals surface area contributed by atoms with Crippen LogP contribution in [0.15, 0.2) is 60.7 Å². The molecule has 8 bridgehead atoms. The van der Waals surface area contributed by atoms with Gasteiger partial charge < -0.3 is 85.1 Å². The number of nitrogens with zero attached hydrogens (tertiary/aromatic N) is 6. The zero-order valence-electron chi connectivity index (χ0n) is 74.9. The number of aryl methyl sites for hydroxylation is 2. The monoisotopic (exact) mass is 2110 g/mol. The molecule has 14 N–H and O–H groups in total. The molecule has 8 saturated carbocycles. The van der Waals surface area contributed by atoms with Crippen molar-refractivity contribution in [2.75, 3.05) is 52.4 Å². The predicted molar refractivity (Wildman–Crippen MR) is 530 cm³/mol. The van der Waals surface area contributed by atoms with E-state index in [1.807, 2.05) is 0 Å². The maximum atomic E-state index is 5.51. The summed E-state index contributed by atoms with van der Waals surface area (Å²) in [6.07, 6.45) is 49.1. The number of nitrogens with one attached hydrogen (secondary N) is 14. The Morgan fingerprint density at radius 3 is 0.794 bits per heavy atom. The van der Waals surface area contributed by atoms with Crippen LogP contribution in [-0.4, -0.2) is 169 Å². The Balaban J connectivity index is 0.000000222. The molecule has 126 heavy (non-hydrogen) atoms. The van der Waals surface area contributed by atoms with Gasteiger partial charge in [-0.05, 0) is 176 Å². The Hall–Kier alpha value is 1.06. The van der Waals surface area contributed by atoms with Crippen molar-refractivity contribution in [2.24, 2.45) is 0 Å². The van der Waals surface area contributed by atoms with Crippen LogP contribution in [0, 0.1) is 0 Å². The predicted octanol–water partition coefficient (Wildman–Crippen LogP) is 19.0. The van der Waals surface area contributed by atoms with E-state index in [0.717, 1.165) is 78.5 Å². The minimum Gasteiger partial charge on any atom is -0.650 e. The number of aromatic nitrogens is 4. The standard InChI is InChI=1S/C27H41N5.C23H39N5.2C21H35N5.8ClH.4Mn.2H2S.2H2/c1-3-11-22-20(9-1)28-15-16-29-21-10-2-4-12-23(21)31-25-14-6-8-19-17-18-7-5-13-24(30-22)26(18)32-27(19)25;1-16-18-12-7-13-19(28-18)17(2)27-23-11-6-4-9-21(23)25-15-14-24-20-8-3-5-10-22(20)26-16;2*1-3-10-20-18(8-1)22-12-13-23-19-9-2-4-11-21(19)25-15-17-7-5-6-16(26-17)14-24-20;;;;;;;;;;;;;;;;/h17,20-25,28-29H,1-16H2;7,12-13,16-17,20-27H,3-6,8-11,14-15H2,1-2H3;2*5-7,18-25H,1-4,8-15H2;8*1H;;;;;2*1H2;2*1H/q-2;;;;;;;;;;;;4*+2;;;;/p-8/t20-,21?,22-,23-,24+,25?;16-,17-,20+,21+,22+,23+;2*18-,19-,20-,21-;;;;;;;;;;;;;;;;/m1010................/s1. The van der Waals surface area contributed by atoms with Crippen molar-refractivity contribution >= 4 is 108 Å². The quantitative estimate of drug-likeness (QED) is 0.0731. The Kier molecular flexibility index (Phi) is 56.5. The molecule has 4 aliphatic heterocycles. The van der Waals surface area contributed by atoms with Gasteiger partial charge in [0.2, 0.25) is 0 Å². The van der Waals surface area contributed by atoms with Crippen molar-refractivity contribution in [3.05, 3.63) is 128 Å². The molecule has 10 aliphatic carbocycles. The Labute approximate surface area is 834 Å². The van der Waals surface area contributed by atoms with E-state index in [1.165, 1.54) is 301 Å². The van der Waals surface area contributed by atoms with Crippen LogP contribution >= 0.6 is 108 Å². The van der Waals surface area contributed by atoms with Gasteiger partial charge in [-0.15, -0.1) is 12.1 Å². The number of halogens is 8. The maximum Gasteiger partial charge on any atom is 0.0545 e. The second kappa shape index (κ2) is 64.3. The largest absolute Gasteiger partial charge is 0.650 e. The summed E-state index contributed by atoms with van der Waals surface area (Å²) in [5.74, 6) is 0. The molecule has 724 valence electrons. The van der Waals surface area contributed by atoms with E-state index < -0.39 is 0 Å². The van der Waals surface area contributed by atoms with E-state index in [0.29, 0.717) is 109 Å². The van der Waals surface area contributed by atoms with Crippen molar-refractivity contribution in [3.63, 3.8) is 0 Å². The summed E-state index contributed by atoms with van der Waals surface area (Å²) in [4.78, 5) is 20.3. The number of rotatable bonds is 0. The van der Waals surface area contributed by atoms with Crippen LogP contribution in [0.2, 0.25) is 0 Å². The first kappa shape index (κ1) is 111. The van der Waals surface area contributed by atoms with Crippen molar-refractivity contribution in [1.29, 1.82) is 0 Å². The number of hydrogen-bond acceptors (Lipinski definition) is 18. The van der Waals surface area contributed by atoms with E-state index >= 15 is 0 Å². The topological polar surface area (TPSA) is 248 Å². The molecule has 0 radical (unpaired) electrons. The molecule has 20 nitrogen and oxygen atoms in total. The molecule has 0 amide bonds. The van der Waals surface area contributed by atoms with Gasteiger partial charge in [-0.25, -0.2) is 0 Å². The maximum absolute atomic E-state index is 5.51. The fourth-order valence-corrected chi connectivity index (χ4v) is 22.5. The van der Waals surface area contributed by atoms with E-state index in [4.69, 9.17) is 111 Å². The molecule has 4 aromatic rings. The fraction of sp³-hybridized carbons (Fsp3) is 0.783. The SMILES string of the molecule is C[C@@H]1N[C@@H]2CCCC[C@H]2NCCN[C@@H]2CCCC[C@H]2N[C@@H](C)c2cccc1n2.S.S.[Cl][Mn][Cl].[Cl][Mn][Cl].[Cl][Mn][Cl].[Cl][Mn][Cl].[HH].[HH].c1c2c3nc4c1CCC[C@@H]4[N-][C@@H]1CCCC[C@H]1NCCNC1CCCC[C@H]1[N-]C3CCC2.c1cc2nc(c1)CN[C@@H]1CCCC[C@H]1NCCN[C@@H]1CCCC[C@H]1NC2.c1cc2nc(c1)CN[C@H]1CCCC[C@@H]1NCCN[C@H]1CCCC[C@@H]1NC2. The zero-order valence-corrected chi connectivity index (χ0v) is 87.7. The molecule has 14 aliphatic rings. The summed E-state index contributed by atoms with van der Waals surface area (Å²) < 4.78 is 0. The second-order valence-electron chi connectivity index (χ2n) is 37.0. The summed E-state index contributed by atoms with van der Waals surface area (Å²) in [5, 5.41) is 64.8. The molecular weight excluding hydrogens is 1950 g/mol. The van der Waals surface area contributed by atoms with Gasteiger partial charge in [-0.1, -0.05) is 178 Å². The van der Waals surface area contributed by atoms with Crippen LogP contribution in [0.3, 0.4) is 0 Å². The minimum absolute atomic E-state index is 0. The van der Waals surface area contributed by atoms with Gasteiger partial charge in [0.1, 0.15) is 0 Å². The van der Waals surface area contributed by atoms with Gasteiger partial charge in [0, 0.05) is 177 Å². The third-order valence-corrected chi connectivity index (χ3v) is 28.8. The molecule has 0 saturated heterocycles. The molecule has 20 atom stereocenters. The van der Waals surface area contributed by atoms with Crippen molar-refractivity contribution < 1.29 is 55.4 Å². The molecular formula is C92H158Cl8Mn4N20S2-2. The van der Waals surface area contributed by atoms with E-state index in [1.54, 1.807) is 0 Å². The molecule has 18 rings (SSSR count). The van der Waals surface area contributed by atoms with Crippen LogP contribution in [0.5, 0.6) is 0 Å². The second-order valence-corrected chi connectivity index (χ2v) is 44.8. The number of fused-ring (bicyclic) bond motifs is 14. The molecule has 8 fully saturated rings. The molecule has 0 aromatic carbocycles. The Morgan fingerprint density at radius 1 is 0.278 bits per heavy atom. The molecule has 0 spiro atoms. The van der Waals surface area contributed by atoms with Crippen LogP contribution in [-0.2, 0) is 91.6 Å². The molecule has 4 aromatic heterocycles. The van der Waals surface area contributed by atoms with Crippen LogP contribution in [0.4, 0.5) is 0 Å². The first-order valence-corrected chi connectivity index (χ1v) is 61.1. The van der Waals surface area contributed by atoms with Crippen molar-refractivity contribution in [3.8, 4) is 0 Å². The first-order valence-electron chi connectivity index (χ1n) is 48.1. The first-order chi connectivity index (χ1) is 61.0. The van der Waals surface area contributed by atoms with Gasteiger partial charge in [0.05, 0.1) is 34.2 Å². The summed E-state index contributed by atoms with van der Waals surface area (Å²) in [6, 6.07) is 32.0. The normalized spacial score (nSPS) is 32.7. The van der Waals surface area contributed by atoms with Gasteiger partial charge in [-0.3, -0.25) is 19.9 Å². The van der Waals surface area contributed by atoms with Gasteiger partial charge in [0.15, 0.2) is 0 Å². The third kappa shape index (κ3) is 37.3. The van der Waals surface area contributed by atoms with Gasteiger partial charge >= 0.3 is 133 Å². The van der Waals surface area contributed by atoms with Crippen LogP contribution < -0.4 is 74.4 Å². The van der Waals surface area contributed by atoms with Gasteiger partial charge in [-0.2, -0.15) is 27.0 Å². The average Bonchev–Trinajstić information content (AvgIpc) is 0.950. The molecule has 8 heterocycles. The average molecular weight is 2110 g/mol. The van der Waals surface area contributed by atoms with Crippen LogP contribution in [0.25, 0.3) is 10.6 Å². The summed E-state index contributed by atoms with van der Waals surface area (Å²) in [7, 11) is 38.4. The van der Waals surface area contributed by atoms with Crippen molar-refractivity contribution in [2.45, 2.75) is 405 Å². The molecule has 34 heteroatoms. The van der Waals surface area contributed by atoms with Crippen LogP contribution in [0.1, 0.15) is 329 Å². The Bertz CT molecular complexity index is 3280. The number of hydrogen-bond donors (Lipinski definition) is 14. The van der Waals surface area contributed by atoms with E-state index in [9.17, 15) is 0 Å². The smallest absolute Gasteiger partial charge is 0.0545 e. The summed E-state index contributed by atoms with van der Waals surface area (Å²) in [5.41, 5.74) is 12.6. The molecule has 2 unspecified atom stereocenters.